The zero-order chi connectivity index (χ0) is 14.8. The average Bonchev–Trinajstić information content (AvgIpc) is 2.70. The van der Waals surface area contributed by atoms with E-state index < -0.39 is 5.54 Å². The summed E-state index contributed by atoms with van der Waals surface area (Å²) < 4.78 is 18.5. The van der Waals surface area contributed by atoms with Crippen LogP contribution >= 0.6 is 15.9 Å². The first kappa shape index (κ1) is 14.9. The molecule has 20 heavy (non-hydrogen) atoms. The number of nitrogens with zero attached hydrogens (tertiary/aromatic N) is 1. The Morgan fingerprint density at radius 2 is 2.25 bits per heavy atom. The number of rotatable bonds is 4. The standard InChI is InChI=1S/C13H15BrFN3O2/c1-13(8-3-4-10(15)9(14)7-8)11(19)17-12(18-13)16-5-6-20-2/h3-4,7H,5-6H2,1-2H3,(H2,16,17,18,19). The lowest BCUT2D eigenvalue weighted by Gasteiger charge is -2.22. The smallest absolute Gasteiger partial charge is 0.256 e. The number of carbonyl (C=O) groups is 1. The molecule has 2 rings (SSSR count). The van der Waals surface area contributed by atoms with Crippen LogP contribution in [0, 0.1) is 5.82 Å². The Hall–Kier alpha value is -1.47. The summed E-state index contributed by atoms with van der Waals surface area (Å²) >= 11 is 3.12. The normalized spacial score (nSPS) is 23.8. The number of ether oxygens (including phenoxy) is 1. The monoisotopic (exact) mass is 343 g/mol. The lowest BCUT2D eigenvalue weighted by molar-refractivity contribution is -0.123. The summed E-state index contributed by atoms with van der Waals surface area (Å²) in [5.74, 6) is -0.202. The molecule has 1 atom stereocenters. The molecule has 7 heteroatoms. The maximum absolute atomic E-state index is 13.3. The highest BCUT2D eigenvalue weighted by Crippen LogP contribution is 2.28. The van der Waals surface area contributed by atoms with E-state index in [0.717, 1.165) is 0 Å². The second-order valence-electron chi connectivity index (χ2n) is 4.56. The van der Waals surface area contributed by atoms with Crippen molar-refractivity contribution in [3.63, 3.8) is 0 Å². The molecule has 2 N–H and O–H groups in total. The Morgan fingerprint density at radius 1 is 1.50 bits per heavy atom. The molecule has 1 unspecified atom stereocenters. The van der Waals surface area contributed by atoms with Crippen LogP contribution in [0.4, 0.5) is 4.39 Å². The van der Waals surface area contributed by atoms with E-state index in [1.807, 2.05) is 0 Å². The molecular weight excluding hydrogens is 329 g/mol. The molecule has 1 saturated heterocycles. The molecule has 1 heterocycles. The number of hydrogen-bond acceptors (Lipinski definition) is 3. The maximum atomic E-state index is 13.3. The number of hydrogen-bond donors (Lipinski definition) is 2. The summed E-state index contributed by atoms with van der Waals surface area (Å²) in [5, 5.41) is 5.70. The Bertz CT molecular complexity index is 565. The summed E-state index contributed by atoms with van der Waals surface area (Å²) in [6.07, 6.45) is 0. The molecule has 0 aromatic heterocycles. The van der Waals surface area contributed by atoms with Crippen molar-refractivity contribution in [2.24, 2.45) is 4.99 Å². The molecule has 1 amide bonds. The number of guanidine groups is 1. The van der Waals surface area contributed by atoms with Gasteiger partial charge in [-0.05, 0) is 40.5 Å². The van der Waals surface area contributed by atoms with Gasteiger partial charge < -0.3 is 10.1 Å². The SMILES string of the molecule is COCCN=C1NC(=O)C(C)(c2ccc(F)c(Br)c2)N1. The van der Waals surface area contributed by atoms with Gasteiger partial charge in [-0.2, -0.15) is 0 Å². The van der Waals surface area contributed by atoms with E-state index in [1.54, 1.807) is 26.2 Å². The van der Waals surface area contributed by atoms with Crippen LogP contribution in [0.2, 0.25) is 0 Å². The van der Waals surface area contributed by atoms with Gasteiger partial charge in [-0.25, -0.2) is 4.39 Å². The van der Waals surface area contributed by atoms with Gasteiger partial charge in [-0.1, -0.05) is 6.07 Å². The van der Waals surface area contributed by atoms with E-state index in [-0.39, 0.29) is 11.7 Å². The fourth-order valence-electron chi connectivity index (χ4n) is 1.90. The fraction of sp³-hybridized carbons (Fsp3) is 0.385. The number of aliphatic imine (C=N–C) groups is 1. The van der Waals surface area contributed by atoms with Crippen LogP contribution in [0.25, 0.3) is 0 Å². The van der Waals surface area contributed by atoms with Gasteiger partial charge in [0.25, 0.3) is 5.91 Å². The highest BCUT2D eigenvalue weighted by Gasteiger charge is 2.42. The van der Waals surface area contributed by atoms with E-state index in [0.29, 0.717) is 29.1 Å². The van der Waals surface area contributed by atoms with Crippen LogP contribution in [0.1, 0.15) is 12.5 Å². The minimum absolute atomic E-state index is 0.229. The van der Waals surface area contributed by atoms with Gasteiger partial charge in [-0.3, -0.25) is 15.1 Å². The third kappa shape index (κ3) is 2.83. The molecule has 0 saturated carbocycles. The van der Waals surface area contributed by atoms with E-state index >= 15 is 0 Å². The molecule has 1 aromatic carbocycles. The first-order chi connectivity index (χ1) is 9.47. The van der Waals surface area contributed by atoms with Crippen LogP contribution in [-0.4, -0.2) is 32.1 Å². The van der Waals surface area contributed by atoms with Crippen LogP contribution in [-0.2, 0) is 15.1 Å². The Kier molecular flexibility index (Phi) is 4.39. The van der Waals surface area contributed by atoms with Crippen molar-refractivity contribution in [1.29, 1.82) is 0 Å². The molecule has 1 fully saturated rings. The summed E-state index contributed by atoms with van der Waals surface area (Å²) in [5.41, 5.74) is -0.317. The summed E-state index contributed by atoms with van der Waals surface area (Å²) in [7, 11) is 1.58. The molecule has 1 aromatic rings. The number of halogens is 2. The fourth-order valence-corrected chi connectivity index (χ4v) is 2.27. The van der Waals surface area contributed by atoms with Crippen molar-refractivity contribution >= 4 is 27.8 Å². The van der Waals surface area contributed by atoms with Gasteiger partial charge >= 0.3 is 0 Å². The lowest BCUT2D eigenvalue weighted by atomic mass is 9.92. The molecule has 1 aliphatic rings. The number of carbonyl (C=O) groups excluding carboxylic acids is 1. The van der Waals surface area contributed by atoms with Crippen LogP contribution in [0.3, 0.4) is 0 Å². The molecule has 0 aliphatic carbocycles. The van der Waals surface area contributed by atoms with Gasteiger partial charge in [0, 0.05) is 7.11 Å². The summed E-state index contributed by atoms with van der Waals surface area (Å²) in [4.78, 5) is 16.3. The van der Waals surface area contributed by atoms with Crippen molar-refractivity contribution in [1.82, 2.24) is 10.6 Å². The second kappa shape index (κ2) is 5.88. The molecule has 108 valence electrons. The van der Waals surface area contributed by atoms with Crippen molar-refractivity contribution in [3.05, 3.63) is 34.1 Å². The summed E-state index contributed by atoms with van der Waals surface area (Å²) in [6, 6.07) is 4.48. The first-order valence-corrected chi connectivity index (χ1v) is 6.85. The van der Waals surface area contributed by atoms with Crippen molar-refractivity contribution in [2.75, 3.05) is 20.3 Å². The Morgan fingerprint density at radius 3 is 2.90 bits per heavy atom. The number of amides is 1. The van der Waals surface area contributed by atoms with Crippen molar-refractivity contribution < 1.29 is 13.9 Å². The second-order valence-corrected chi connectivity index (χ2v) is 5.41. The van der Waals surface area contributed by atoms with Gasteiger partial charge in [-0.15, -0.1) is 0 Å². The average molecular weight is 344 g/mol. The molecule has 0 bridgehead atoms. The van der Waals surface area contributed by atoms with Crippen LogP contribution < -0.4 is 10.6 Å². The number of benzene rings is 1. The molecule has 5 nitrogen and oxygen atoms in total. The van der Waals surface area contributed by atoms with E-state index in [2.05, 4.69) is 31.6 Å². The van der Waals surface area contributed by atoms with Crippen molar-refractivity contribution in [2.45, 2.75) is 12.5 Å². The highest BCUT2D eigenvalue weighted by molar-refractivity contribution is 9.10. The largest absolute Gasteiger partial charge is 0.383 e. The Balaban J connectivity index is 2.24. The third-order valence-corrected chi connectivity index (χ3v) is 3.72. The molecule has 1 aliphatic heterocycles. The zero-order valence-electron chi connectivity index (χ0n) is 11.2. The number of methoxy groups -OCH3 is 1. The Labute approximate surface area is 124 Å². The summed E-state index contributed by atoms with van der Waals surface area (Å²) in [6.45, 7) is 2.64. The topological polar surface area (TPSA) is 62.7 Å². The quantitative estimate of drug-likeness (QED) is 0.815. The maximum Gasteiger partial charge on any atom is 0.256 e. The van der Waals surface area contributed by atoms with E-state index in [9.17, 15) is 9.18 Å². The van der Waals surface area contributed by atoms with Crippen LogP contribution in [0.15, 0.2) is 27.7 Å². The van der Waals surface area contributed by atoms with Crippen LogP contribution in [0.5, 0.6) is 0 Å². The van der Waals surface area contributed by atoms with Crippen molar-refractivity contribution in [3.8, 4) is 0 Å². The van der Waals surface area contributed by atoms with Gasteiger partial charge in [0.1, 0.15) is 11.4 Å². The minimum Gasteiger partial charge on any atom is -0.383 e. The molecule has 0 spiro atoms. The first-order valence-electron chi connectivity index (χ1n) is 6.06. The lowest BCUT2D eigenvalue weighted by Crippen LogP contribution is -2.40. The zero-order valence-corrected chi connectivity index (χ0v) is 12.8. The highest BCUT2D eigenvalue weighted by atomic mass is 79.9. The van der Waals surface area contributed by atoms with Gasteiger partial charge in [0.15, 0.2) is 5.96 Å². The predicted molar refractivity (Wildman–Crippen MR) is 76.9 cm³/mol. The number of nitrogens with one attached hydrogen (secondary N) is 2. The predicted octanol–water partition coefficient (Wildman–Crippen LogP) is 1.53. The third-order valence-electron chi connectivity index (χ3n) is 3.12. The minimum atomic E-state index is -0.970. The molecular formula is C13H15BrFN3O2. The molecule has 0 radical (unpaired) electrons. The van der Waals surface area contributed by atoms with Gasteiger partial charge in [0.2, 0.25) is 0 Å². The van der Waals surface area contributed by atoms with E-state index in [1.165, 1.54) is 6.07 Å². The van der Waals surface area contributed by atoms with E-state index in [4.69, 9.17) is 4.74 Å². The van der Waals surface area contributed by atoms with Gasteiger partial charge in [0.05, 0.1) is 17.6 Å².